The SMILES string of the molecule is CC=C(C)Oc1cc(C)cc(C)c1C. The number of ether oxygens (including phenoxy) is 1. The summed E-state index contributed by atoms with van der Waals surface area (Å²) in [6.45, 7) is 10.2. The molecule has 0 saturated carbocycles. The Balaban J connectivity index is 3.08. The molecule has 0 amide bonds. The molecule has 0 unspecified atom stereocenters. The lowest BCUT2D eigenvalue weighted by atomic mass is 10.1. The number of hydrogen-bond donors (Lipinski definition) is 0. The molecule has 76 valence electrons. The van der Waals surface area contributed by atoms with Crippen LogP contribution in [-0.2, 0) is 0 Å². The summed E-state index contributed by atoms with van der Waals surface area (Å²) in [6, 6.07) is 4.25. The van der Waals surface area contributed by atoms with Crippen LogP contribution >= 0.6 is 0 Å². The fourth-order valence-corrected chi connectivity index (χ4v) is 1.34. The highest BCUT2D eigenvalue weighted by Crippen LogP contribution is 2.24. The number of aryl methyl sites for hydroxylation is 2. The van der Waals surface area contributed by atoms with E-state index in [4.69, 9.17) is 4.74 Å². The Morgan fingerprint density at radius 2 is 1.86 bits per heavy atom. The largest absolute Gasteiger partial charge is 0.462 e. The molecule has 0 heterocycles. The van der Waals surface area contributed by atoms with E-state index in [9.17, 15) is 0 Å². The van der Waals surface area contributed by atoms with E-state index in [1.54, 1.807) is 0 Å². The topological polar surface area (TPSA) is 9.23 Å². The average molecular weight is 190 g/mol. The minimum atomic E-state index is 0.943. The van der Waals surface area contributed by atoms with Crippen LogP contribution in [0.4, 0.5) is 0 Å². The second-order valence-electron chi connectivity index (χ2n) is 3.71. The molecule has 1 nitrogen and oxygen atoms in total. The molecule has 1 aromatic rings. The summed E-state index contributed by atoms with van der Waals surface area (Å²) in [4.78, 5) is 0. The number of hydrogen-bond acceptors (Lipinski definition) is 1. The molecule has 0 saturated heterocycles. The third kappa shape index (κ3) is 2.38. The fourth-order valence-electron chi connectivity index (χ4n) is 1.34. The monoisotopic (exact) mass is 190 g/mol. The van der Waals surface area contributed by atoms with E-state index in [1.807, 2.05) is 19.9 Å². The minimum absolute atomic E-state index is 0.943. The summed E-state index contributed by atoms with van der Waals surface area (Å²) < 4.78 is 5.72. The van der Waals surface area contributed by atoms with Crippen molar-refractivity contribution < 1.29 is 4.74 Å². The maximum Gasteiger partial charge on any atom is 0.130 e. The van der Waals surface area contributed by atoms with Crippen LogP contribution in [0.5, 0.6) is 5.75 Å². The lowest BCUT2D eigenvalue weighted by molar-refractivity contribution is 0.423. The van der Waals surface area contributed by atoms with Gasteiger partial charge in [-0.15, -0.1) is 0 Å². The van der Waals surface area contributed by atoms with Gasteiger partial charge >= 0.3 is 0 Å². The van der Waals surface area contributed by atoms with Crippen molar-refractivity contribution in [3.63, 3.8) is 0 Å². The summed E-state index contributed by atoms with van der Waals surface area (Å²) >= 11 is 0. The second kappa shape index (κ2) is 4.32. The molecule has 0 aromatic heterocycles. The average Bonchev–Trinajstić information content (AvgIpc) is 2.13. The van der Waals surface area contributed by atoms with Crippen LogP contribution in [0.3, 0.4) is 0 Å². The Morgan fingerprint density at radius 1 is 1.21 bits per heavy atom. The van der Waals surface area contributed by atoms with Gasteiger partial charge in [0.15, 0.2) is 0 Å². The Kier molecular flexibility index (Phi) is 3.34. The summed E-state index contributed by atoms with van der Waals surface area (Å²) in [5.41, 5.74) is 3.74. The van der Waals surface area contributed by atoms with E-state index in [0.29, 0.717) is 0 Å². The van der Waals surface area contributed by atoms with Crippen LogP contribution in [0.25, 0.3) is 0 Å². The summed E-state index contributed by atoms with van der Waals surface area (Å²) in [6.07, 6.45) is 1.97. The normalized spacial score (nSPS) is 11.6. The van der Waals surface area contributed by atoms with Crippen molar-refractivity contribution in [2.45, 2.75) is 34.6 Å². The summed E-state index contributed by atoms with van der Waals surface area (Å²) in [5.74, 6) is 1.91. The lowest BCUT2D eigenvalue weighted by Crippen LogP contribution is -1.95. The maximum absolute atomic E-state index is 5.72. The van der Waals surface area contributed by atoms with Gasteiger partial charge in [-0.2, -0.15) is 0 Å². The van der Waals surface area contributed by atoms with E-state index in [0.717, 1.165) is 11.5 Å². The van der Waals surface area contributed by atoms with Gasteiger partial charge in [-0.1, -0.05) is 6.07 Å². The van der Waals surface area contributed by atoms with Gasteiger partial charge in [0, 0.05) is 0 Å². The zero-order valence-electron chi connectivity index (χ0n) is 9.64. The minimum Gasteiger partial charge on any atom is -0.462 e. The van der Waals surface area contributed by atoms with Gasteiger partial charge in [0.05, 0.1) is 5.76 Å². The molecular formula is C13H18O. The first-order chi connectivity index (χ1) is 6.54. The lowest BCUT2D eigenvalue weighted by Gasteiger charge is -2.11. The molecule has 1 rings (SSSR count). The highest BCUT2D eigenvalue weighted by Gasteiger charge is 2.04. The zero-order valence-corrected chi connectivity index (χ0v) is 9.64. The summed E-state index contributed by atoms with van der Waals surface area (Å²) in [5, 5.41) is 0. The molecule has 0 radical (unpaired) electrons. The van der Waals surface area contributed by atoms with Crippen LogP contribution in [-0.4, -0.2) is 0 Å². The Hall–Kier alpha value is -1.24. The van der Waals surface area contributed by atoms with Crippen LogP contribution in [0.15, 0.2) is 24.0 Å². The van der Waals surface area contributed by atoms with Crippen molar-refractivity contribution in [1.29, 1.82) is 0 Å². The molecule has 0 N–H and O–H groups in total. The van der Waals surface area contributed by atoms with Crippen molar-refractivity contribution in [2.24, 2.45) is 0 Å². The quantitative estimate of drug-likeness (QED) is 0.642. The predicted octanol–water partition coefficient (Wildman–Crippen LogP) is 3.91. The van der Waals surface area contributed by atoms with Crippen molar-refractivity contribution in [2.75, 3.05) is 0 Å². The highest BCUT2D eigenvalue weighted by molar-refractivity contribution is 5.42. The molecule has 0 fully saturated rings. The van der Waals surface area contributed by atoms with Gasteiger partial charge < -0.3 is 4.74 Å². The van der Waals surface area contributed by atoms with Gasteiger partial charge in [0.1, 0.15) is 5.75 Å². The fraction of sp³-hybridized carbons (Fsp3) is 0.385. The first kappa shape index (κ1) is 10.8. The van der Waals surface area contributed by atoms with Gasteiger partial charge in [-0.05, 0) is 63.5 Å². The molecule has 1 heteroatoms. The van der Waals surface area contributed by atoms with Crippen molar-refractivity contribution in [3.05, 3.63) is 40.7 Å². The molecule has 0 aliphatic rings. The molecule has 0 bridgehead atoms. The number of benzene rings is 1. The zero-order chi connectivity index (χ0) is 10.7. The van der Waals surface area contributed by atoms with E-state index in [1.165, 1.54) is 16.7 Å². The molecule has 0 aliphatic heterocycles. The van der Waals surface area contributed by atoms with Crippen molar-refractivity contribution in [1.82, 2.24) is 0 Å². The molecule has 1 aromatic carbocycles. The maximum atomic E-state index is 5.72. The molecular weight excluding hydrogens is 172 g/mol. The van der Waals surface area contributed by atoms with Gasteiger partial charge in [0.25, 0.3) is 0 Å². The van der Waals surface area contributed by atoms with Crippen LogP contribution in [0, 0.1) is 20.8 Å². The Bertz CT molecular complexity index is 362. The van der Waals surface area contributed by atoms with Crippen LogP contribution in [0.1, 0.15) is 30.5 Å². The third-order valence-corrected chi connectivity index (χ3v) is 2.44. The Labute approximate surface area is 86.4 Å². The second-order valence-corrected chi connectivity index (χ2v) is 3.71. The van der Waals surface area contributed by atoms with Crippen LogP contribution in [0.2, 0.25) is 0 Å². The van der Waals surface area contributed by atoms with E-state index in [2.05, 4.69) is 32.9 Å². The molecule has 14 heavy (non-hydrogen) atoms. The number of rotatable bonds is 2. The van der Waals surface area contributed by atoms with Crippen molar-refractivity contribution in [3.8, 4) is 5.75 Å². The standard InChI is InChI=1S/C13H18O/c1-6-11(4)14-13-8-9(2)7-10(3)12(13)5/h6-8H,1-5H3. The first-order valence-corrected chi connectivity index (χ1v) is 4.93. The van der Waals surface area contributed by atoms with E-state index in [-0.39, 0.29) is 0 Å². The van der Waals surface area contributed by atoms with Gasteiger partial charge in [0.2, 0.25) is 0 Å². The smallest absolute Gasteiger partial charge is 0.130 e. The Morgan fingerprint density at radius 3 is 2.43 bits per heavy atom. The van der Waals surface area contributed by atoms with Crippen LogP contribution < -0.4 is 4.74 Å². The predicted molar refractivity (Wildman–Crippen MR) is 60.7 cm³/mol. The highest BCUT2D eigenvalue weighted by atomic mass is 16.5. The van der Waals surface area contributed by atoms with E-state index < -0.39 is 0 Å². The summed E-state index contributed by atoms with van der Waals surface area (Å²) in [7, 11) is 0. The first-order valence-electron chi connectivity index (χ1n) is 4.93. The van der Waals surface area contributed by atoms with Gasteiger partial charge in [-0.3, -0.25) is 0 Å². The van der Waals surface area contributed by atoms with Gasteiger partial charge in [-0.25, -0.2) is 0 Å². The molecule has 0 spiro atoms. The number of allylic oxidation sites excluding steroid dienone is 2. The van der Waals surface area contributed by atoms with E-state index >= 15 is 0 Å². The molecule has 0 aliphatic carbocycles. The molecule has 0 atom stereocenters. The third-order valence-electron chi connectivity index (χ3n) is 2.44. The van der Waals surface area contributed by atoms with Crippen molar-refractivity contribution >= 4 is 0 Å².